The molecule has 6 nitrogen and oxygen atoms in total. The van der Waals surface area contributed by atoms with Gasteiger partial charge < -0.3 is 15.2 Å². The Labute approximate surface area is 165 Å². The van der Waals surface area contributed by atoms with E-state index in [1.807, 2.05) is 20.8 Å². The predicted molar refractivity (Wildman–Crippen MR) is 109 cm³/mol. The van der Waals surface area contributed by atoms with Crippen LogP contribution >= 0.6 is 0 Å². The minimum atomic E-state index is -0.739. The molecule has 6 heteroatoms. The first-order chi connectivity index (χ1) is 12.7. The summed E-state index contributed by atoms with van der Waals surface area (Å²) < 4.78 is 10.7. The van der Waals surface area contributed by atoms with Crippen LogP contribution in [0.5, 0.6) is 0 Å². The molecule has 0 radical (unpaired) electrons. The standard InChI is InChI=1S/C21H42N2O4/c1-6-8-10-12-14-17(22)19(24)27-20(25)18(15-13-11-9-7-2)23-16-26-21(3,4)5/h17-18,23H,6-16,22H2,1-5H3. The molecular weight excluding hydrogens is 344 g/mol. The lowest BCUT2D eigenvalue weighted by Crippen LogP contribution is -2.44. The highest BCUT2D eigenvalue weighted by Crippen LogP contribution is 2.10. The van der Waals surface area contributed by atoms with Crippen LogP contribution < -0.4 is 11.1 Å². The Bertz CT molecular complexity index is 407. The largest absolute Gasteiger partial charge is 0.391 e. The Morgan fingerprint density at radius 1 is 0.889 bits per heavy atom. The van der Waals surface area contributed by atoms with Gasteiger partial charge in [-0.2, -0.15) is 0 Å². The number of hydrogen-bond donors (Lipinski definition) is 2. The second kappa shape index (κ2) is 15.0. The van der Waals surface area contributed by atoms with Gasteiger partial charge in [-0.05, 0) is 33.6 Å². The summed E-state index contributed by atoms with van der Waals surface area (Å²) in [6, 6.07) is -1.29. The molecule has 0 bridgehead atoms. The van der Waals surface area contributed by atoms with Crippen LogP contribution in [-0.2, 0) is 19.1 Å². The molecule has 0 spiro atoms. The van der Waals surface area contributed by atoms with Crippen molar-refractivity contribution in [2.75, 3.05) is 6.73 Å². The van der Waals surface area contributed by atoms with Gasteiger partial charge >= 0.3 is 11.9 Å². The van der Waals surface area contributed by atoms with Crippen molar-refractivity contribution in [3.63, 3.8) is 0 Å². The van der Waals surface area contributed by atoms with E-state index in [0.717, 1.165) is 51.4 Å². The quantitative estimate of drug-likeness (QED) is 0.191. The van der Waals surface area contributed by atoms with E-state index in [0.29, 0.717) is 12.8 Å². The Morgan fingerprint density at radius 3 is 1.96 bits per heavy atom. The third-order valence-electron chi connectivity index (χ3n) is 4.34. The molecular formula is C21H42N2O4. The van der Waals surface area contributed by atoms with E-state index in [4.69, 9.17) is 15.2 Å². The molecule has 27 heavy (non-hydrogen) atoms. The number of carbonyl (C=O) groups excluding carboxylic acids is 2. The fourth-order valence-corrected chi connectivity index (χ4v) is 2.59. The lowest BCUT2D eigenvalue weighted by molar-refractivity contribution is -0.163. The van der Waals surface area contributed by atoms with Gasteiger partial charge in [0.2, 0.25) is 0 Å². The summed E-state index contributed by atoms with van der Waals surface area (Å²) in [6.45, 7) is 10.3. The van der Waals surface area contributed by atoms with Crippen LogP contribution in [0.1, 0.15) is 98.8 Å². The number of ether oxygens (including phenoxy) is 2. The fourth-order valence-electron chi connectivity index (χ4n) is 2.59. The zero-order valence-electron chi connectivity index (χ0n) is 18.1. The van der Waals surface area contributed by atoms with Crippen molar-refractivity contribution in [3.05, 3.63) is 0 Å². The zero-order chi connectivity index (χ0) is 20.7. The SMILES string of the molecule is CCCCCCC(N)C(=O)OC(=O)C(CCCCCC)NCOC(C)(C)C. The monoisotopic (exact) mass is 386 g/mol. The van der Waals surface area contributed by atoms with Gasteiger partial charge in [0.05, 0.1) is 12.3 Å². The molecule has 0 fully saturated rings. The lowest BCUT2D eigenvalue weighted by atomic mass is 10.1. The molecule has 0 rings (SSSR count). The van der Waals surface area contributed by atoms with Gasteiger partial charge in [0, 0.05) is 0 Å². The van der Waals surface area contributed by atoms with Gasteiger partial charge in [-0.15, -0.1) is 0 Å². The summed E-state index contributed by atoms with van der Waals surface area (Å²) in [6.07, 6.45) is 9.52. The summed E-state index contributed by atoms with van der Waals surface area (Å²) in [7, 11) is 0. The van der Waals surface area contributed by atoms with Crippen LogP contribution in [0.4, 0.5) is 0 Å². The molecule has 160 valence electrons. The molecule has 3 N–H and O–H groups in total. The highest BCUT2D eigenvalue weighted by molar-refractivity contribution is 5.90. The smallest absolute Gasteiger partial charge is 0.330 e. The molecule has 0 aliphatic carbocycles. The number of nitrogens with two attached hydrogens (primary N) is 1. The molecule has 0 aromatic rings. The molecule has 2 atom stereocenters. The van der Waals surface area contributed by atoms with Gasteiger partial charge in [0.25, 0.3) is 0 Å². The third kappa shape index (κ3) is 14.7. The topological polar surface area (TPSA) is 90.7 Å². The summed E-state index contributed by atoms with van der Waals surface area (Å²) in [5.41, 5.74) is 5.57. The maximum absolute atomic E-state index is 12.4. The summed E-state index contributed by atoms with van der Waals surface area (Å²) >= 11 is 0. The Hall–Kier alpha value is -0.980. The van der Waals surface area contributed by atoms with Crippen molar-refractivity contribution in [1.29, 1.82) is 0 Å². The first-order valence-electron chi connectivity index (χ1n) is 10.6. The fraction of sp³-hybridized carbons (Fsp3) is 0.905. The zero-order valence-corrected chi connectivity index (χ0v) is 18.1. The molecule has 0 saturated carbocycles. The number of esters is 2. The number of hydrogen-bond acceptors (Lipinski definition) is 6. The molecule has 0 aliphatic heterocycles. The molecule has 0 aliphatic rings. The molecule has 0 saturated heterocycles. The van der Waals surface area contributed by atoms with Crippen molar-refractivity contribution < 1.29 is 19.1 Å². The summed E-state index contributed by atoms with van der Waals surface area (Å²) in [5, 5.41) is 3.07. The molecule has 0 amide bonds. The normalized spacial score (nSPS) is 14.0. The predicted octanol–water partition coefficient (Wildman–Crippen LogP) is 4.06. The van der Waals surface area contributed by atoms with Gasteiger partial charge in [0.15, 0.2) is 0 Å². The highest BCUT2D eigenvalue weighted by Gasteiger charge is 2.25. The van der Waals surface area contributed by atoms with Crippen LogP contribution in [0.3, 0.4) is 0 Å². The summed E-state index contributed by atoms with van der Waals surface area (Å²) in [5.74, 6) is -1.19. The third-order valence-corrected chi connectivity index (χ3v) is 4.34. The number of unbranched alkanes of at least 4 members (excludes halogenated alkanes) is 6. The first kappa shape index (κ1) is 26.0. The van der Waals surface area contributed by atoms with E-state index in [-0.39, 0.29) is 12.3 Å². The minimum absolute atomic E-state index is 0.230. The average molecular weight is 387 g/mol. The Balaban J connectivity index is 4.49. The molecule has 2 unspecified atom stereocenters. The second-order valence-electron chi connectivity index (χ2n) is 8.20. The molecule has 0 heterocycles. The van der Waals surface area contributed by atoms with E-state index in [9.17, 15) is 9.59 Å². The number of carbonyl (C=O) groups is 2. The van der Waals surface area contributed by atoms with Crippen LogP contribution in [0.25, 0.3) is 0 Å². The van der Waals surface area contributed by atoms with Gasteiger partial charge in [0.1, 0.15) is 12.1 Å². The van der Waals surface area contributed by atoms with Crippen molar-refractivity contribution in [2.24, 2.45) is 5.73 Å². The lowest BCUT2D eigenvalue weighted by Gasteiger charge is -2.23. The Morgan fingerprint density at radius 2 is 1.44 bits per heavy atom. The maximum Gasteiger partial charge on any atom is 0.330 e. The minimum Gasteiger partial charge on any atom is -0.391 e. The first-order valence-corrected chi connectivity index (χ1v) is 10.6. The van der Waals surface area contributed by atoms with Crippen LogP contribution in [0, 0.1) is 0 Å². The number of rotatable bonds is 15. The van der Waals surface area contributed by atoms with Gasteiger partial charge in [-0.3, -0.25) is 5.32 Å². The van der Waals surface area contributed by atoms with E-state index >= 15 is 0 Å². The van der Waals surface area contributed by atoms with Crippen molar-refractivity contribution in [2.45, 2.75) is 117 Å². The maximum atomic E-state index is 12.4. The van der Waals surface area contributed by atoms with Crippen LogP contribution in [-0.4, -0.2) is 36.4 Å². The molecule has 0 aromatic carbocycles. The highest BCUT2D eigenvalue weighted by atomic mass is 16.6. The second-order valence-corrected chi connectivity index (χ2v) is 8.20. The summed E-state index contributed by atoms with van der Waals surface area (Å²) in [4.78, 5) is 24.5. The van der Waals surface area contributed by atoms with E-state index < -0.39 is 24.0 Å². The van der Waals surface area contributed by atoms with E-state index in [2.05, 4.69) is 19.2 Å². The van der Waals surface area contributed by atoms with E-state index in [1.54, 1.807) is 0 Å². The van der Waals surface area contributed by atoms with Crippen molar-refractivity contribution in [3.8, 4) is 0 Å². The number of nitrogens with one attached hydrogen (secondary N) is 1. The van der Waals surface area contributed by atoms with E-state index in [1.165, 1.54) is 0 Å². The van der Waals surface area contributed by atoms with Crippen LogP contribution in [0.2, 0.25) is 0 Å². The average Bonchev–Trinajstić information content (AvgIpc) is 2.59. The van der Waals surface area contributed by atoms with Crippen LogP contribution in [0.15, 0.2) is 0 Å². The Kier molecular flexibility index (Phi) is 14.5. The van der Waals surface area contributed by atoms with Gasteiger partial charge in [-0.1, -0.05) is 65.2 Å². The molecule has 0 aromatic heterocycles. The van der Waals surface area contributed by atoms with Gasteiger partial charge in [-0.25, -0.2) is 9.59 Å². The van der Waals surface area contributed by atoms with Crippen molar-refractivity contribution in [1.82, 2.24) is 5.32 Å². The van der Waals surface area contributed by atoms with Crippen molar-refractivity contribution >= 4 is 11.9 Å².